The van der Waals surface area contributed by atoms with E-state index >= 15 is 0 Å². The monoisotopic (exact) mass is 259 g/mol. The van der Waals surface area contributed by atoms with Crippen LogP contribution in [0.5, 0.6) is 0 Å². The molecule has 0 fully saturated rings. The van der Waals surface area contributed by atoms with Gasteiger partial charge in [-0.05, 0) is 61.7 Å². The third-order valence-corrected chi connectivity index (χ3v) is 4.57. The minimum Gasteiger partial charge on any atom is -0.322 e. The number of nitrogens with two attached hydrogens (primary N) is 1. The van der Waals surface area contributed by atoms with E-state index in [0.717, 1.165) is 12.8 Å². The van der Waals surface area contributed by atoms with Crippen molar-refractivity contribution in [3.63, 3.8) is 0 Å². The molecule has 0 spiro atoms. The first-order valence-corrected chi connectivity index (χ1v) is 7.26. The van der Waals surface area contributed by atoms with Gasteiger partial charge in [0.2, 0.25) is 0 Å². The summed E-state index contributed by atoms with van der Waals surface area (Å²) in [5, 5.41) is 2.12. The van der Waals surface area contributed by atoms with Gasteiger partial charge in [0.1, 0.15) is 0 Å². The summed E-state index contributed by atoms with van der Waals surface area (Å²) in [7, 11) is 0. The van der Waals surface area contributed by atoms with Crippen LogP contribution in [0.1, 0.15) is 34.9 Å². The van der Waals surface area contributed by atoms with E-state index in [9.17, 15) is 0 Å². The van der Waals surface area contributed by atoms with Crippen molar-refractivity contribution in [2.45, 2.75) is 39.2 Å². The van der Waals surface area contributed by atoms with Crippen LogP contribution in [0.15, 0.2) is 35.7 Å². The number of hydrogen-bond acceptors (Lipinski definition) is 2. The van der Waals surface area contributed by atoms with Crippen LogP contribution in [-0.4, -0.2) is 0 Å². The highest BCUT2D eigenvalue weighted by Crippen LogP contribution is 2.26. The Balaban J connectivity index is 2.11. The standard InChI is InChI=1S/C16H21NS/c1-12-6-7-14(11-13(12)2)16(3,17)9-8-15-5-4-10-18-15/h4-7,10-11H,8-9,17H2,1-3H3. The van der Waals surface area contributed by atoms with Gasteiger partial charge in [0.15, 0.2) is 0 Å². The van der Waals surface area contributed by atoms with Crippen molar-refractivity contribution in [3.05, 3.63) is 57.3 Å². The van der Waals surface area contributed by atoms with Gasteiger partial charge in [-0.15, -0.1) is 11.3 Å². The van der Waals surface area contributed by atoms with Crippen molar-refractivity contribution in [1.82, 2.24) is 0 Å². The largest absolute Gasteiger partial charge is 0.322 e. The quantitative estimate of drug-likeness (QED) is 0.876. The molecule has 2 aromatic rings. The van der Waals surface area contributed by atoms with Gasteiger partial charge < -0.3 is 5.73 Å². The van der Waals surface area contributed by atoms with Crippen molar-refractivity contribution in [2.24, 2.45) is 5.73 Å². The number of benzene rings is 1. The van der Waals surface area contributed by atoms with Crippen molar-refractivity contribution < 1.29 is 0 Å². The smallest absolute Gasteiger partial charge is 0.0384 e. The van der Waals surface area contributed by atoms with Crippen LogP contribution in [0.4, 0.5) is 0 Å². The topological polar surface area (TPSA) is 26.0 Å². The van der Waals surface area contributed by atoms with Gasteiger partial charge in [0.25, 0.3) is 0 Å². The predicted molar refractivity (Wildman–Crippen MR) is 80.1 cm³/mol. The molecule has 96 valence electrons. The first-order valence-electron chi connectivity index (χ1n) is 6.38. The Morgan fingerprint density at radius 3 is 2.56 bits per heavy atom. The van der Waals surface area contributed by atoms with E-state index in [1.165, 1.54) is 21.6 Å². The lowest BCUT2D eigenvalue weighted by Crippen LogP contribution is -2.33. The summed E-state index contributed by atoms with van der Waals surface area (Å²) in [4.78, 5) is 1.41. The zero-order valence-corrected chi connectivity index (χ0v) is 12.2. The maximum atomic E-state index is 6.48. The highest BCUT2D eigenvalue weighted by Gasteiger charge is 2.21. The fourth-order valence-electron chi connectivity index (χ4n) is 2.08. The maximum Gasteiger partial charge on any atom is 0.0384 e. The Kier molecular flexibility index (Phi) is 3.88. The third-order valence-electron chi connectivity index (χ3n) is 3.64. The molecule has 0 saturated heterocycles. The lowest BCUT2D eigenvalue weighted by Gasteiger charge is -2.26. The molecule has 2 heteroatoms. The van der Waals surface area contributed by atoms with E-state index < -0.39 is 0 Å². The molecule has 0 saturated carbocycles. The van der Waals surface area contributed by atoms with Gasteiger partial charge >= 0.3 is 0 Å². The Labute approximate surface area is 114 Å². The van der Waals surface area contributed by atoms with E-state index in [4.69, 9.17) is 5.73 Å². The van der Waals surface area contributed by atoms with Gasteiger partial charge in [-0.3, -0.25) is 0 Å². The molecule has 0 aliphatic rings. The van der Waals surface area contributed by atoms with E-state index in [0.29, 0.717) is 0 Å². The minimum absolute atomic E-state index is 0.248. The molecule has 0 aliphatic carbocycles. The SMILES string of the molecule is Cc1ccc(C(C)(N)CCc2cccs2)cc1C. The van der Waals surface area contributed by atoms with Crippen molar-refractivity contribution in [3.8, 4) is 0 Å². The molecule has 1 aromatic carbocycles. The lowest BCUT2D eigenvalue weighted by atomic mass is 9.86. The van der Waals surface area contributed by atoms with Crippen LogP contribution >= 0.6 is 11.3 Å². The predicted octanol–water partition coefficient (Wildman–Crippen LogP) is 4.17. The summed E-state index contributed by atoms with van der Waals surface area (Å²) in [6.45, 7) is 6.41. The average Bonchev–Trinajstić information content (AvgIpc) is 2.83. The van der Waals surface area contributed by atoms with Gasteiger partial charge in [0.05, 0.1) is 0 Å². The number of rotatable bonds is 4. The van der Waals surface area contributed by atoms with Crippen LogP contribution in [-0.2, 0) is 12.0 Å². The summed E-state index contributed by atoms with van der Waals surface area (Å²) in [6, 6.07) is 10.8. The fraction of sp³-hybridized carbons (Fsp3) is 0.375. The van der Waals surface area contributed by atoms with Crippen LogP contribution in [0.2, 0.25) is 0 Å². The molecule has 1 unspecified atom stereocenters. The molecular weight excluding hydrogens is 238 g/mol. The highest BCUT2D eigenvalue weighted by atomic mass is 32.1. The van der Waals surface area contributed by atoms with Crippen LogP contribution in [0, 0.1) is 13.8 Å². The zero-order valence-electron chi connectivity index (χ0n) is 11.4. The fourth-order valence-corrected chi connectivity index (χ4v) is 2.79. The first kappa shape index (κ1) is 13.3. The van der Waals surface area contributed by atoms with Crippen LogP contribution in [0.25, 0.3) is 0 Å². The molecule has 0 amide bonds. The molecular formula is C16H21NS. The second-order valence-electron chi connectivity index (χ2n) is 5.30. The Morgan fingerprint density at radius 1 is 1.17 bits per heavy atom. The number of hydrogen-bond donors (Lipinski definition) is 1. The second-order valence-corrected chi connectivity index (χ2v) is 6.33. The van der Waals surface area contributed by atoms with E-state index in [-0.39, 0.29) is 5.54 Å². The number of thiophene rings is 1. The molecule has 2 N–H and O–H groups in total. The summed E-state index contributed by atoms with van der Waals surface area (Å²) in [5.74, 6) is 0. The van der Waals surface area contributed by atoms with Crippen molar-refractivity contribution in [1.29, 1.82) is 0 Å². The lowest BCUT2D eigenvalue weighted by molar-refractivity contribution is 0.454. The van der Waals surface area contributed by atoms with Crippen molar-refractivity contribution in [2.75, 3.05) is 0 Å². The molecule has 1 aromatic heterocycles. The van der Waals surface area contributed by atoms with Gasteiger partial charge in [-0.2, -0.15) is 0 Å². The Morgan fingerprint density at radius 2 is 1.94 bits per heavy atom. The Bertz CT molecular complexity index is 512. The van der Waals surface area contributed by atoms with E-state index in [1.54, 1.807) is 0 Å². The van der Waals surface area contributed by atoms with E-state index in [2.05, 4.69) is 56.5 Å². The molecule has 0 bridgehead atoms. The summed E-state index contributed by atoms with van der Waals surface area (Å²) >= 11 is 1.81. The van der Waals surface area contributed by atoms with Gasteiger partial charge in [0, 0.05) is 10.4 Å². The molecule has 0 radical (unpaired) electrons. The second kappa shape index (κ2) is 5.25. The molecule has 1 atom stereocenters. The summed E-state index contributed by atoms with van der Waals surface area (Å²) < 4.78 is 0. The highest BCUT2D eigenvalue weighted by molar-refractivity contribution is 7.09. The first-order chi connectivity index (χ1) is 8.49. The normalized spacial score (nSPS) is 14.4. The summed E-state index contributed by atoms with van der Waals surface area (Å²) in [5.41, 5.74) is 10.1. The molecule has 1 heterocycles. The average molecular weight is 259 g/mol. The Hall–Kier alpha value is -1.12. The molecule has 2 rings (SSSR count). The number of aryl methyl sites for hydroxylation is 3. The van der Waals surface area contributed by atoms with Crippen LogP contribution < -0.4 is 5.73 Å². The molecule has 18 heavy (non-hydrogen) atoms. The van der Waals surface area contributed by atoms with Crippen LogP contribution in [0.3, 0.4) is 0 Å². The molecule has 0 aliphatic heterocycles. The maximum absolute atomic E-state index is 6.48. The minimum atomic E-state index is -0.248. The zero-order chi connectivity index (χ0) is 13.2. The van der Waals surface area contributed by atoms with Gasteiger partial charge in [-0.25, -0.2) is 0 Å². The third kappa shape index (κ3) is 3.01. The molecule has 1 nitrogen and oxygen atoms in total. The van der Waals surface area contributed by atoms with Gasteiger partial charge in [-0.1, -0.05) is 24.3 Å². The van der Waals surface area contributed by atoms with E-state index in [1.807, 2.05) is 11.3 Å². The van der Waals surface area contributed by atoms with Crippen molar-refractivity contribution >= 4 is 11.3 Å². The summed E-state index contributed by atoms with van der Waals surface area (Å²) in [6.07, 6.45) is 2.04.